The van der Waals surface area contributed by atoms with Crippen molar-refractivity contribution in [2.45, 2.75) is 33.2 Å². The van der Waals surface area contributed by atoms with Gasteiger partial charge in [-0.1, -0.05) is 13.0 Å². The van der Waals surface area contributed by atoms with Gasteiger partial charge in [0, 0.05) is 9.75 Å². The fourth-order valence-electron chi connectivity index (χ4n) is 1.86. The minimum atomic E-state index is -0.349. The minimum Gasteiger partial charge on any atom is -0.461 e. The molecule has 1 unspecified atom stereocenters. The van der Waals surface area contributed by atoms with E-state index >= 15 is 0 Å². The summed E-state index contributed by atoms with van der Waals surface area (Å²) in [4.78, 5) is 18.3. The number of nitrogens with one attached hydrogen (secondary N) is 1. The number of ether oxygens (including phenoxy) is 1. The maximum atomic E-state index is 11.8. The normalized spacial score (nSPS) is 12.2. The van der Waals surface area contributed by atoms with Gasteiger partial charge in [-0.25, -0.2) is 9.78 Å². The van der Waals surface area contributed by atoms with Crippen LogP contribution in [0.1, 0.15) is 46.6 Å². The average Bonchev–Trinajstić information content (AvgIpc) is 3.05. The first-order valence-electron chi connectivity index (χ1n) is 6.60. The maximum absolute atomic E-state index is 11.8. The summed E-state index contributed by atoms with van der Waals surface area (Å²) in [5, 5.41) is 6.23. The molecule has 2 aromatic rings. The lowest BCUT2D eigenvalue weighted by atomic mass is 10.2. The number of aryl methyl sites for hydroxylation is 1. The van der Waals surface area contributed by atoms with E-state index in [1.165, 1.54) is 16.2 Å². The Morgan fingerprint density at radius 3 is 2.90 bits per heavy atom. The lowest BCUT2D eigenvalue weighted by Gasteiger charge is -2.14. The van der Waals surface area contributed by atoms with Crippen molar-refractivity contribution in [2.75, 3.05) is 11.9 Å². The molecule has 0 aliphatic rings. The van der Waals surface area contributed by atoms with Crippen molar-refractivity contribution in [1.82, 2.24) is 4.98 Å². The first kappa shape index (κ1) is 15.0. The molecule has 0 aromatic carbocycles. The molecule has 4 nitrogen and oxygen atoms in total. The molecule has 0 aliphatic heterocycles. The molecule has 2 rings (SSSR count). The SMILES string of the molecule is CCOC(=O)c1nc(NC(CC)c2cccs2)sc1C. The Morgan fingerprint density at radius 2 is 2.30 bits per heavy atom. The van der Waals surface area contributed by atoms with Crippen molar-refractivity contribution in [1.29, 1.82) is 0 Å². The molecule has 2 heterocycles. The Balaban J connectivity index is 2.13. The number of hydrogen-bond acceptors (Lipinski definition) is 6. The van der Waals surface area contributed by atoms with Gasteiger partial charge in [-0.2, -0.15) is 0 Å². The van der Waals surface area contributed by atoms with Gasteiger partial charge in [-0.3, -0.25) is 0 Å². The third kappa shape index (κ3) is 3.37. The zero-order valence-electron chi connectivity index (χ0n) is 11.8. The fourth-order valence-corrected chi connectivity index (χ4v) is 3.58. The summed E-state index contributed by atoms with van der Waals surface area (Å²) < 4.78 is 5.01. The number of nitrogens with zero attached hydrogens (tertiary/aromatic N) is 1. The van der Waals surface area contributed by atoms with Gasteiger partial charge in [0.2, 0.25) is 0 Å². The molecule has 0 fully saturated rings. The zero-order valence-corrected chi connectivity index (χ0v) is 13.4. The van der Waals surface area contributed by atoms with Gasteiger partial charge >= 0.3 is 5.97 Å². The van der Waals surface area contributed by atoms with Crippen LogP contribution in [0.3, 0.4) is 0 Å². The summed E-state index contributed by atoms with van der Waals surface area (Å²) >= 11 is 3.21. The summed E-state index contributed by atoms with van der Waals surface area (Å²) in [6.07, 6.45) is 0.966. The second kappa shape index (κ2) is 6.85. The smallest absolute Gasteiger partial charge is 0.358 e. The molecule has 2 aromatic heterocycles. The highest BCUT2D eigenvalue weighted by Gasteiger charge is 2.18. The lowest BCUT2D eigenvalue weighted by molar-refractivity contribution is 0.0519. The van der Waals surface area contributed by atoms with Gasteiger partial charge in [-0.15, -0.1) is 22.7 Å². The molecule has 0 saturated heterocycles. The van der Waals surface area contributed by atoms with Crippen molar-refractivity contribution in [3.05, 3.63) is 33.0 Å². The van der Waals surface area contributed by atoms with Crippen molar-refractivity contribution < 1.29 is 9.53 Å². The molecule has 0 bridgehead atoms. The summed E-state index contributed by atoms with van der Waals surface area (Å²) in [6.45, 7) is 6.18. The molecule has 108 valence electrons. The fraction of sp³-hybridized carbons (Fsp3) is 0.429. The zero-order chi connectivity index (χ0) is 14.5. The highest BCUT2D eigenvalue weighted by atomic mass is 32.1. The van der Waals surface area contributed by atoms with E-state index in [4.69, 9.17) is 4.74 Å². The second-order valence-corrected chi connectivity index (χ2v) is 6.45. The number of aromatic nitrogens is 1. The van der Waals surface area contributed by atoms with Crippen molar-refractivity contribution in [2.24, 2.45) is 0 Å². The van der Waals surface area contributed by atoms with E-state index in [-0.39, 0.29) is 12.0 Å². The second-order valence-electron chi connectivity index (χ2n) is 4.26. The highest BCUT2D eigenvalue weighted by molar-refractivity contribution is 7.15. The topological polar surface area (TPSA) is 51.2 Å². The van der Waals surface area contributed by atoms with E-state index in [1.807, 2.05) is 13.0 Å². The van der Waals surface area contributed by atoms with E-state index in [2.05, 4.69) is 28.7 Å². The Hall–Kier alpha value is -1.40. The summed E-state index contributed by atoms with van der Waals surface area (Å²) in [7, 11) is 0. The number of anilines is 1. The monoisotopic (exact) mass is 310 g/mol. The van der Waals surface area contributed by atoms with Crippen LogP contribution in [-0.4, -0.2) is 17.6 Å². The third-order valence-corrected chi connectivity index (χ3v) is 4.75. The van der Waals surface area contributed by atoms with Gasteiger partial charge in [-0.05, 0) is 31.7 Å². The highest BCUT2D eigenvalue weighted by Crippen LogP contribution is 2.30. The number of thiazole rings is 1. The molecule has 0 amide bonds. The standard InChI is InChI=1S/C14H18N2O2S2/c1-4-10(11-7-6-8-19-11)15-14-16-12(9(3)20-14)13(17)18-5-2/h6-8,10H,4-5H2,1-3H3,(H,15,16). The van der Waals surface area contributed by atoms with Crippen molar-refractivity contribution >= 4 is 33.8 Å². The summed E-state index contributed by atoms with van der Waals surface area (Å²) in [5.41, 5.74) is 0.417. The van der Waals surface area contributed by atoms with Crippen molar-refractivity contribution in [3.8, 4) is 0 Å². The number of carbonyl (C=O) groups is 1. The molecule has 0 radical (unpaired) electrons. The Morgan fingerprint density at radius 1 is 1.50 bits per heavy atom. The van der Waals surface area contributed by atoms with Crippen LogP contribution >= 0.6 is 22.7 Å². The first-order valence-corrected chi connectivity index (χ1v) is 8.29. The molecule has 0 spiro atoms. The van der Waals surface area contributed by atoms with Crippen LogP contribution in [0.2, 0.25) is 0 Å². The molecule has 6 heteroatoms. The summed E-state index contributed by atoms with van der Waals surface area (Å²) in [6, 6.07) is 4.38. The Labute approximate surface area is 126 Å². The largest absolute Gasteiger partial charge is 0.461 e. The number of esters is 1. The average molecular weight is 310 g/mol. The maximum Gasteiger partial charge on any atom is 0.358 e. The van der Waals surface area contributed by atoms with E-state index in [9.17, 15) is 4.79 Å². The van der Waals surface area contributed by atoms with E-state index in [1.54, 1.807) is 18.3 Å². The first-order chi connectivity index (χ1) is 9.65. The molecule has 0 aliphatic carbocycles. The number of thiophene rings is 1. The van der Waals surface area contributed by atoms with Gasteiger partial charge in [0.05, 0.1) is 12.6 Å². The number of hydrogen-bond donors (Lipinski definition) is 1. The molecular formula is C14H18N2O2S2. The molecule has 0 saturated carbocycles. The Bertz CT molecular complexity index is 564. The van der Waals surface area contributed by atoms with Crippen LogP contribution < -0.4 is 5.32 Å². The van der Waals surface area contributed by atoms with E-state index < -0.39 is 0 Å². The molecular weight excluding hydrogens is 292 g/mol. The van der Waals surface area contributed by atoms with Gasteiger partial charge in [0.25, 0.3) is 0 Å². The number of rotatable bonds is 6. The quantitative estimate of drug-likeness (QED) is 0.810. The number of carbonyl (C=O) groups excluding carboxylic acids is 1. The van der Waals surface area contributed by atoms with E-state index in [0.29, 0.717) is 12.3 Å². The molecule has 1 N–H and O–H groups in total. The predicted octanol–water partition coefficient (Wildman–Crippen LogP) is 4.25. The van der Waals surface area contributed by atoms with Crippen LogP contribution in [0.25, 0.3) is 0 Å². The molecule has 1 atom stereocenters. The van der Waals surface area contributed by atoms with E-state index in [0.717, 1.165) is 16.4 Å². The predicted molar refractivity (Wildman–Crippen MR) is 83.8 cm³/mol. The van der Waals surface area contributed by atoms with Crippen LogP contribution in [-0.2, 0) is 4.74 Å². The van der Waals surface area contributed by atoms with Crippen LogP contribution in [0, 0.1) is 6.92 Å². The summed E-state index contributed by atoms with van der Waals surface area (Å²) in [5.74, 6) is -0.349. The third-order valence-electron chi connectivity index (χ3n) is 2.86. The van der Waals surface area contributed by atoms with Gasteiger partial charge in [0.1, 0.15) is 0 Å². The Kier molecular flexibility index (Phi) is 5.14. The van der Waals surface area contributed by atoms with Gasteiger partial charge in [0.15, 0.2) is 10.8 Å². The van der Waals surface area contributed by atoms with Crippen LogP contribution in [0.15, 0.2) is 17.5 Å². The van der Waals surface area contributed by atoms with Crippen LogP contribution in [0.4, 0.5) is 5.13 Å². The van der Waals surface area contributed by atoms with Gasteiger partial charge < -0.3 is 10.1 Å². The lowest BCUT2D eigenvalue weighted by Crippen LogP contribution is -2.09. The minimum absolute atomic E-state index is 0.232. The van der Waals surface area contributed by atoms with Crippen LogP contribution in [0.5, 0.6) is 0 Å². The van der Waals surface area contributed by atoms with Crippen molar-refractivity contribution in [3.63, 3.8) is 0 Å². The molecule has 20 heavy (non-hydrogen) atoms.